The van der Waals surface area contributed by atoms with Crippen molar-refractivity contribution in [3.63, 3.8) is 0 Å². The van der Waals surface area contributed by atoms with Gasteiger partial charge in [0.05, 0.1) is 23.2 Å². The van der Waals surface area contributed by atoms with E-state index in [1.54, 1.807) is 0 Å². The topological polar surface area (TPSA) is 60.9 Å². The van der Waals surface area contributed by atoms with Gasteiger partial charge in [-0.05, 0) is 19.4 Å². The summed E-state index contributed by atoms with van der Waals surface area (Å²) < 4.78 is 1.47. The molecule has 6 heteroatoms. The van der Waals surface area contributed by atoms with Crippen molar-refractivity contribution in [1.82, 2.24) is 9.55 Å². The number of nitrogens with zero attached hydrogens (tertiary/aromatic N) is 2. The molecule has 0 bridgehead atoms. The molecule has 3 rings (SSSR count). The van der Waals surface area contributed by atoms with E-state index in [2.05, 4.69) is 4.98 Å². The van der Waals surface area contributed by atoms with Gasteiger partial charge in [0.1, 0.15) is 4.83 Å². The molecule has 0 unspecified atom stereocenters. The lowest BCUT2D eigenvalue weighted by Crippen LogP contribution is -2.27. The molecule has 22 heavy (non-hydrogen) atoms. The predicted molar refractivity (Wildman–Crippen MR) is 95.6 cm³/mol. The van der Waals surface area contributed by atoms with Crippen molar-refractivity contribution in [3.8, 4) is 11.1 Å². The Labute approximate surface area is 137 Å². The second kappa shape index (κ2) is 5.62. The first-order valence-electron chi connectivity index (χ1n) is 6.81. The van der Waals surface area contributed by atoms with Crippen molar-refractivity contribution < 1.29 is 0 Å². The van der Waals surface area contributed by atoms with Crippen molar-refractivity contribution >= 4 is 38.8 Å². The van der Waals surface area contributed by atoms with Gasteiger partial charge in [-0.2, -0.15) is 0 Å². The van der Waals surface area contributed by atoms with Gasteiger partial charge in [-0.3, -0.25) is 9.36 Å². The van der Waals surface area contributed by atoms with Crippen LogP contribution in [0.25, 0.3) is 21.3 Å². The van der Waals surface area contributed by atoms with E-state index in [0.29, 0.717) is 5.39 Å². The van der Waals surface area contributed by atoms with Gasteiger partial charge < -0.3 is 5.73 Å². The number of fused-ring (bicyclic) bond motifs is 1. The van der Waals surface area contributed by atoms with E-state index in [4.69, 9.17) is 18.0 Å². The molecule has 0 atom stereocenters. The molecule has 0 fully saturated rings. The smallest absolute Gasteiger partial charge is 0.263 e. The van der Waals surface area contributed by atoms with Gasteiger partial charge in [0.2, 0.25) is 0 Å². The van der Waals surface area contributed by atoms with Crippen LogP contribution in [0.2, 0.25) is 0 Å². The van der Waals surface area contributed by atoms with Gasteiger partial charge in [0.15, 0.2) is 0 Å². The highest BCUT2D eigenvalue weighted by atomic mass is 32.1. The number of thiophene rings is 1. The number of nitrogens with two attached hydrogens (primary N) is 1. The van der Waals surface area contributed by atoms with Crippen molar-refractivity contribution in [1.29, 1.82) is 0 Å². The van der Waals surface area contributed by atoms with E-state index in [1.165, 1.54) is 27.8 Å². The molecule has 0 spiro atoms. The van der Waals surface area contributed by atoms with Gasteiger partial charge >= 0.3 is 0 Å². The first-order chi connectivity index (χ1) is 10.5. The summed E-state index contributed by atoms with van der Waals surface area (Å²) in [5.74, 6) is 0. The van der Waals surface area contributed by atoms with Crippen molar-refractivity contribution in [3.05, 3.63) is 51.4 Å². The first kappa shape index (κ1) is 14.9. The van der Waals surface area contributed by atoms with Crippen molar-refractivity contribution in [2.45, 2.75) is 20.4 Å². The van der Waals surface area contributed by atoms with E-state index >= 15 is 0 Å². The Morgan fingerprint density at radius 2 is 2.00 bits per heavy atom. The van der Waals surface area contributed by atoms with Crippen LogP contribution in [-0.4, -0.2) is 14.5 Å². The second-order valence-electron chi connectivity index (χ2n) is 5.22. The third kappa shape index (κ3) is 2.55. The van der Waals surface area contributed by atoms with Crippen LogP contribution in [0.5, 0.6) is 0 Å². The number of aryl methyl sites for hydroxylation is 2. The Kier molecular flexibility index (Phi) is 3.80. The Balaban J connectivity index is 2.29. The van der Waals surface area contributed by atoms with Crippen molar-refractivity contribution in [2.24, 2.45) is 5.73 Å². The Morgan fingerprint density at radius 3 is 2.64 bits per heavy atom. The molecular formula is C16H15N3OS2. The zero-order chi connectivity index (χ0) is 15.9. The third-order valence-electron chi connectivity index (χ3n) is 3.52. The van der Waals surface area contributed by atoms with Crippen molar-refractivity contribution in [2.75, 3.05) is 0 Å². The number of hydrogen-bond acceptors (Lipinski definition) is 4. The fourth-order valence-electron chi connectivity index (χ4n) is 2.49. The van der Waals surface area contributed by atoms with Crippen LogP contribution >= 0.6 is 23.6 Å². The molecule has 0 saturated heterocycles. The van der Waals surface area contributed by atoms with E-state index in [1.807, 2.05) is 38.1 Å². The highest BCUT2D eigenvalue weighted by molar-refractivity contribution is 7.80. The first-order valence-corrected chi connectivity index (χ1v) is 8.03. The molecule has 0 aliphatic rings. The molecule has 0 aliphatic heterocycles. The second-order valence-corrected chi connectivity index (χ2v) is 6.95. The minimum absolute atomic E-state index is 0.0993. The molecule has 0 radical (unpaired) electrons. The van der Waals surface area contributed by atoms with E-state index in [-0.39, 0.29) is 17.1 Å². The molecule has 4 nitrogen and oxygen atoms in total. The van der Waals surface area contributed by atoms with Crippen LogP contribution < -0.4 is 11.3 Å². The summed E-state index contributed by atoms with van der Waals surface area (Å²) in [5, 5.41) is 0.644. The van der Waals surface area contributed by atoms with Crippen LogP contribution in [0.1, 0.15) is 10.4 Å². The Bertz CT molecular complexity index is 923. The van der Waals surface area contributed by atoms with Gasteiger partial charge in [-0.1, -0.05) is 42.0 Å². The van der Waals surface area contributed by atoms with E-state index < -0.39 is 0 Å². The summed E-state index contributed by atoms with van der Waals surface area (Å²) >= 11 is 6.43. The van der Waals surface area contributed by atoms with Gasteiger partial charge in [0.25, 0.3) is 5.56 Å². The fourth-order valence-corrected chi connectivity index (χ4v) is 3.63. The number of aromatic nitrogens is 2. The zero-order valence-corrected chi connectivity index (χ0v) is 13.9. The summed E-state index contributed by atoms with van der Waals surface area (Å²) in [7, 11) is 0. The van der Waals surface area contributed by atoms with Crippen LogP contribution in [0.15, 0.2) is 35.4 Å². The average molecular weight is 329 g/mol. The molecule has 1 aromatic carbocycles. The molecule has 2 heterocycles. The maximum absolute atomic E-state index is 12.8. The van der Waals surface area contributed by atoms with Crippen LogP contribution in [0.4, 0.5) is 0 Å². The van der Waals surface area contributed by atoms with Crippen LogP contribution in [-0.2, 0) is 6.54 Å². The molecule has 0 aliphatic carbocycles. The minimum atomic E-state index is -0.0993. The standard InChI is InChI=1S/C16H15N3OS2/c1-9-3-5-11(6-4-9)13-10(2)22-15-14(13)16(20)19(8-18-15)7-12(17)21/h3-6,8H,7H2,1-2H3,(H2,17,21). The molecule has 3 aromatic rings. The Morgan fingerprint density at radius 1 is 1.32 bits per heavy atom. The summed E-state index contributed by atoms with van der Waals surface area (Å²) in [6.07, 6.45) is 1.51. The highest BCUT2D eigenvalue weighted by Gasteiger charge is 2.16. The molecule has 0 amide bonds. The normalized spacial score (nSPS) is 11.0. The van der Waals surface area contributed by atoms with Gasteiger partial charge in [-0.15, -0.1) is 11.3 Å². The predicted octanol–water partition coefficient (Wildman–Crippen LogP) is 3.03. The van der Waals surface area contributed by atoms with Crippen LogP contribution in [0.3, 0.4) is 0 Å². The number of benzene rings is 1. The summed E-state index contributed by atoms with van der Waals surface area (Å²) in [4.78, 5) is 19.2. The molecule has 0 saturated carbocycles. The molecular weight excluding hydrogens is 314 g/mol. The average Bonchev–Trinajstić information content (AvgIpc) is 2.80. The van der Waals surface area contributed by atoms with Gasteiger partial charge in [-0.25, -0.2) is 4.98 Å². The lowest BCUT2D eigenvalue weighted by molar-refractivity contribution is 0.796. The summed E-state index contributed by atoms with van der Waals surface area (Å²) in [6.45, 7) is 4.26. The maximum Gasteiger partial charge on any atom is 0.263 e. The summed E-state index contributed by atoms with van der Waals surface area (Å²) in [5.41, 5.74) is 8.62. The fraction of sp³-hybridized carbons (Fsp3) is 0.188. The summed E-state index contributed by atoms with van der Waals surface area (Å²) in [6, 6.07) is 8.16. The zero-order valence-electron chi connectivity index (χ0n) is 12.3. The molecule has 2 aromatic heterocycles. The lowest BCUT2D eigenvalue weighted by Gasteiger charge is -2.06. The monoisotopic (exact) mass is 329 g/mol. The highest BCUT2D eigenvalue weighted by Crippen LogP contribution is 2.35. The number of rotatable bonds is 3. The third-order valence-corrected chi connectivity index (χ3v) is 4.66. The molecule has 2 N–H and O–H groups in total. The number of hydrogen-bond donors (Lipinski definition) is 1. The van der Waals surface area contributed by atoms with E-state index in [9.17, 15) is 4.79 Å². The lowest BCUT2D eigenvalue weighted by atomic mass is 10.0. The van der Waals surface area contributed by atoms with Crippen LogP contribution in [0, 0.1) is 13.8 Å². The largest absolute Gasteiger partial charge is 0.392 e. The quantitative estimate of drug-likeness (QED) is 0.750. The SMILES string of the molecule is Cc1ccc(-c2c(C)sc3ncn(CC(N)=S)c(=O)c23)cc1. The maximum atomic E-state index is 12.8. The number of thiocarbonyl (C=S) groups is 1. The molecule has 112 valence electrons. The Hall–Kier alpha value is -2.05. The van der Waals surface area contributed by atoms with E-state index in [0.717, 1.165) is 20.8 Å². The van der Waals surface area contributed by atoms with Gasteiger partial charge in [0, 0.05) is 10.4 Å². The minimum Gasteiger partial charge on any atom is -0.392 e.